The smallest absolute Gasteiger partial charge is 0.142 e. The summed E-state index contributed by atoms with van der Waals surface area (Å²) in [5.74, 6) is 0.259. The lowest BCUT2D eigenvalue weighted by molar-refractivity contribution is 0.480. The molecule has 2 rings (SSSR count). The molecule has 2 nitrogen and oxygen atoms in total. The molecule has 66 valence electrons. The third-order valence-corrected chi connectivity index (χ3v) is 2.04. The van der Waals surface area contributed by atoms with Crippen LogP contribution in [-0.2, 0) is 0 Å². The largest absolute Gasteiger partial charge is 0.506 e. The van der Waals surface area contributed by atoms with Crippen molar-refractivity contribution in [3.8, 4) is 5.75 Å². The SMILES string of the molecule is Cc1cnc2c(O)cc(C)cc2c1. The monoisotopic (exact) mass is 173 g/mol. The maximum absolute atomic E-state index is 9.58. The molecule has 0 saturated heterocycles. The van der Waals surface area contributed by atoms with Crippen LogP contribution >= 0.6 is 0 Å². The van der Waals surface area contributed by atoms with Crippen molar-refractivity contribution in [2.75, 3.05) is 0 Å². The Balaban J connectivity index is 2.86. The molecule has 1 aromatic heterocycles. The van der Waals surface area contributed by atoms with Gasteiger partial charge in [0, 0.05) is 11.6 Å². The Kier molecular flexibility index (Phi) is 1.69. The lowest BCUT2D eigenvalue weighted by Gasteiger charge is -2.02. The van der Waals surface area contributed by atoms with Crippen LogP contribution in [0.25, 0.3) is 10.9 Å². The van der Waals surface area contributed by atoms with Crippen molar-refractivity contribution >= 4 is 10.9 Å². The standard InChI is InChI=1S/C11H11NO/c1-7-3-9-4-8(2)6-12-11(9)10(13)5-7/h3-6,13H,1-2H3. The molecule has 1 aromatic carbocycles. The Morgan fingerprint density at radius 1 is 1.08 bits per heavy atom. The zero-order valence-electron chi connectivity index (χ0n) is 7.70. The fourth-order valence-corrected chi connectivity index (χ4v) is 1.49. The number of aryl methyl sites for hydroxylation is 2. The highest BCUT2D eigenvalue weighted by molar-refractivity contribution is 5.85. The van der Waals surface area contributed by atoms with Gasteiger partial charge in [-0.2, -0.15) is 0 Å². The van der Waals surface area contributed by atoms with E-state index in [1.165, 1.54) is 0 Å². The fourth-order valence-electron chi connectivity index (χ4n) is 1.49. The molecule has 2 heteroatoms. The summed E-state index contributed by atoms with van der Waals surface area (Å²) in [6, 6.07) is 5.77. The van der Waals surface area contributed by atoms with Gasteiger partial charge in [-0.1, -0.05) is 0 Å². The molecule has 0 atom stereocenters. The number of aromatic nitrogens is 1. The van der Waals surface area contributed by atoms with Gasteiger partial charge in [0.05, 0.1) is 0 Å². The van der Waals surface area contributed by atoms with E-state index >= 15 is 0 Å². The van der Waals surface area contributed by atoms with Crippen molar-refractivity contribution in [1.29, 1.82) is 0 Å². The Bertz CT molecular complexity index is 458. The maximum atomic E-state index is 9.58. The first kappa shape index (κ1) is 8.05. The van der Waals surface area contributed by atoms with E-state index in [-0.39, 0.29) is 5.75 Å². The minimum atomic E-state index is 0.259. The number of fused-ring (bicyclic) bond motifs is 1. The minimum Gasteiger partial charge on any atom is -0.506 e. The van der Waals surface area contributed by atoms with Crippen LogP contribution in [0.4, 0.5) is 0 Å². The van der Waals surface area contributed by atoms with Crippen molar-refractivity contribution in [1.82, 2.24) is 4.98 Å². The van der Waals surface area contributed by atoms with E-state index in [1.54, 1.807) is 12.3 Å². The Labute approximate surface area is 76.9 Å². The molecule has 0 aliphatic carbocycles. The summed E-state index contributed by atoms with van der Waals surface area (Å²) in [6.07, 6.45) is 1.76. The van der Waals surface area contributed by atoms with E-state index in [4.69, 9.17) is 0 Å². The van der Waals surface area contributed by atoms with Crippen LogP contribution in [0.15, 0.2) is 24.4 Å². The highest BCUT2D eigenvalue weighted by Gasteiger charge is 2.01. The van der Waals surface area contributed by atoms with E-state index < -0.39 is 0 Å². The van der Waals surface area contributed by atoms with Crippen LogP contribution < -0.4 is 0 Å². The van der Waals surface area contributed by atoms with Gasteiger partial charge in [-0.25, -0.2) is 0 Å². The van der Waals surface area contributed by atoms with Gasteiger partial charge in [0.1, 0.15) is 11.3 Å². The van der Waals surface area contributed by atoms with Gasteiger partial charge in [0.15, 0.2) is 0 Å². The van der Waals surface area contributed by atoms with Crippen LogP contribution in [0.3, 0.4) is 0 Å². The van der Waals surface area contributed by atoms with Gasteiger partial charge in [-0.15, -0.1) is 0 Å². The van der Waals surface area contributed by atoms with E-state index in [9.17, 15) is 5.11 Å². The number of pyridine rings is 1. The van der Waals surface area contributed by atoms with Crippen LogP contribution in [-0.4, -0.2) is 10.1 Å². The maximum Gasteiger partial charge on any atom is 0.142 e. The lowest BCUT2D eigenvalue weighted by Crippen LogP contribution is -1.83. The second kappa shape index (κ2) is 2.73. The Hall–Kier alpha value is -1.57. The van der Waals surface area contributed by atoms with E-state index in [0.717, 1.165) is 16.5 Å². The normalized spacial score (nSPS) is 10.6. The van der Waals surface area contributed by atoms with Crippen molar-refractivity contribution in [3.05, 3.63) is 35.5 Å². The van der Waals surface area contributed by atoms with Crippen LogP contribution in [0.5, 0.6) is 5.75 Å². The summed E-state index contributed by atoms with van der Waals surface area (Å²) in [4.78, 5) is 4.17. The summed E-state index contributed by atoms with van der Waals surface area (Å²) < 4.78 is 0. The van der Waals surface area contributed by atoms with Crippen LogP contribution in [0.2, 0.25) is 0 Å². The molecule has 0 aliphatic heterocycles. The number of nitrogens with zero attached hydrogens (tertiary/aromatic N) is 1. The first-order valence-electron chi connectivity index (χ1n) is 4.23. The second-order valence-corrected chi connectivity index (χ2v) is 3.37. The summed E-state index contributed by atoms with van der Waals surface area (Å²) in [5, 5.41) is 10.6. The van der Waals surface area contributed by atoms with Gasteiger partial charge in [-0.05, 0) is 43.2 Å². The Morgan fingerprint density at radius 3 is 2.54 bits per heavy atom. The molecule has 2 aromatic rings. The molecule has 0 aliphatic rings. The molecule has 0 fully saturated rings. The Morgan fingerprint density at radius 2 is 1.77 bits per heavy atom. The highest BCUT2D eigenvalue weighted by atomic mass is 16.3. The number of phenols is 1. The third kappa shape index (κ3) is 1.35. The first-order chi connectivity index (χ1) is 6.16. The van der Waals surface area contributed by atoms with Crippen molar-refractivity contribution in [2.24, 2.45) is 0 Å². The van der Waals surface area contributed by atoms with E-state index in [0.29, 0.717) is 5.52 Å². The van der Waals surface area contributed by atoms with E-state index in [1.807, 2.05) is 26.0 Å². The molecule has 1 heterocycles. The lowest BCUT2D eigenvalue weighted by atomic mass is 10.1. The minimum absolute atomic E-state index is 0.259. The molecule has 0 spiro atoms. The number of benzene rings is 1. The molecule has 1 N–H and O–H groups in total. The second-order valence-electron chi connectivity index (χ2n) is 3.37. The van der Waals surface area contributed by atoms with Crippen molar-refractivity contribution in [2.45, 2.75) is 13.8 Å². The molecular weight excluding hydrogens is 162 g/mol. The molecule has 0 saturated carbocycles. The van der Waals surface area contributed by atoms with Gasteiger partial charge in [0.2, 0.25) is 0 Å². The number of hydrogen-bond donors (Lipinski definition) is 1. The number of rotatable bonds is 0. The van der Waals surface area contributed by atoms with Gasteiger partial charge < -0.3 is 5.11 Å². The molecule has 0 unspecified atom stereocenters. The van der Waals surface area contributed by atoms with E-state index in [2.05, 4.69) is 4.98 Å². The van der Waals surface area contributed by atoms with Gasteiger partial charge in [-0.3, -0.25) is 4.98 Å². The molecule has 0 bridgehead atoms. The summed E-state index contributed by atoms with van der Waals surface area (Å²) >= 11 is 0. The topological polar surface area (TPSA) is 33.1 Å². The van der Waals surface area contributed by atoms with Crippen molar-refractivity contribution < 1.29 is 5.11 Å². The average molecular weight is 173 g/mol. The quantitative estimate of drug-likeness (QED) is 0.664. The number of phenolic OH excluding ortho intramolecular Hbond substituents is 1. The third-order valence-electron chi connectivity index (χ3n) is 2.04. The van der Waals surface area contributed by atoms with Crippen LogP contribution in [0, 0.1) is 13.8 Å². The van der Waals surface area contributed by atoms with Gasteiger partial charge in [0.25, 0.3) is 0 Å². The predicted octanol–water partition coefficient (Wildman–Crippen LogP) is 2.56. The highest BCUT2D eigenvalue weighted by Crippen LogP contribution is 2.24. The van der Waals surface area contributed by atoms with Crippen LogP contribution in [0.1, 0.15) is 11.1 Å². The molecular formula is C11H11NO. The zero-order valence-corrected chi connectivity index (χ0v) is 7.70. The first-order valence-corrected chi connectivity index (χ1v) is 4.23. The molecule has 13 heavy (non-hydrogen) atoms. The van der Waals surface area contributed by atoms with Crippen molar-refractivity contribution in [3.63, 3.8) is 0 Å². The summed E-state index contributed by atoms with van der Waals surface area (Å²) in [5.41, 5.74) is 2.84. The fraction of sp³-hybridized carbons (Fsp3) is 0.182. The van der Waals surface area contributed by atoms with Gasteiger partial charge >= 0.3 is 0 Å². The number of hydrogen-bond acceptors (Lipinski definition) is 2. The summed E-state index contributed by atoms with van der Waals surface area (Å²) in [6.45, 7) is 3.95. The average Bonchev–Trinajstić information content (AvgIpc) is 2.02. The number of aromatic hydroxyl groups is 1. The zero-order chi connectivity index (χ0) is 9.42. The predicted molar refractivity (Wildman–Crippen MR) is 52.9 cm³/mol. The molecule has 0 amide bonds. The summed E-state index contributed by atoms with van der Waals surface area (Å²) in [7, 11) is 0. The molecule has 0 radical (unpaired) electrons.